The number of amides is 1. The number of rotatable bonds is 7. The number of hydrogen-bond acceptors (Lipinski definition) is 3. The van der Waals surface area contributed by atoms with Crippen molar-refractivity contribution in [2.75, 3.05) is 19.5 Å². The zero-order valence-electron chi connectivity index (χ0n) is 10.8. The predicted octanol–water partition coefficient (Wildman–Crippen LogP) is 2.48. The summed E-state index contributed by atoms with van der Waals surface area (Å²) in [5, 5.41) is 2.85. The highest BCUT2D eigenvalue weighted by molar-refractivity contribution is 6.18. The Bertz CT molecular complexity index is 385. The van der Waals surface area contributed by atoms with Crippen LogP contribution < -0.4 is 10.1 Å². The van der Waals surface area contributed by atoms with Crippen LogP contribution in [-0.2, 0) is 0 Å². The van der Waals surface area contributed by atoms with Crippen molar-refractivity contribution in [2.45, 2.75) is 19.8 Å². The molecule has 0 aromatic carbocycles. The van der Waals surface area contributed by atoms with E-state index < -0.39 is 0 Å². The fourth-order valence-electron chi connectivity index (χ4n) is 1.55. The molecule has 0 bridgehead atoms. The number of methoxy groups -OCH3 is 1. The van der Waals surface area contributed by atoms with Crippen LogP contribution in [0.25, 0.3) is 0 Å². The van der Waals surface area contributed by atoms with E-state index in [0.717, 1.165) is 12.8 Å². The Morgan fingerprint density at radius 3 is 3.06 bits per heavy atom. The van der Waals surface area contributed by atoms with Gasteiger partial charge in [0, 0.05) is 18.6 Å². The third kappa shape index (κ3) is 4.53. The molecule has 0 spiro atoms. The lowest BCUT2D eigenvalue weighted by Crippen LogP contribution is -2.25. The molecule has 1 N–H and O–H groups in total. The van der Waals surface area contributed by atoms with Gasteiger partial charge in [-0.2, -0.15) is 0 Å². The van der Waals surface area contributed by atoms with E-state index in [2.05, 4.69) is 17.2 Å². The van der Waals surface area contributed by atoms with E-state index in [9.17, 15) is 4.79 Å². The molecule has 4 nitrogen and oxygen atoms in total. The lowest BCUT2D eigenvalue weighted by molar-refractivity contribution is 0.0949. The summed E-state index contributed by atoms with van der Waals surface area (Å²) >= 11 is 5.72. The first-order chi connectivity index (χ1) is 8.69. The van der Waals surface area contributed by atoms with Crippen LogP contribution in [0.3, 0.4) is 0 Å². The van der Waals surface area contributed by atoms with Crippen molar-refractivity contribution < 1.29 is 9.53 Å². The molecule has 1 rings (SSSR count). The molecule has 0 saturated carbocycles. The number of hydrogen-bond donors (Lipinski definition) is 1. The number of alkyl halides is 1. The monoisotopic (exact) mass is 270 g/mol. The van der Waals surface area contributed by atoms with Crippen LogP contribution in [0.1, 0.15) is 30.1 Å². The SMILES string of the molecule is COc1ncccc1C(=O)NCCCC(C)CCl. The second-order valence-corrected chi connectivity index (χ2v) is 4.53. The molecule has 1 amide bonds. The Balaban J connectivity index is 2.41. The van der Waals surface area contributed by atoms with Gasteiger partial charge in [-0.05, 0) is 30.9 Å². The van der Waals surface area contributed by atoms with E-state index in [0.29, 0.717) is 29.8 Å². The summed E-state index contributed by atoms with van der Waals surface area (Å²) in [7, 11) is 1.50. The maximum absolute atomic E-state index is 11.9. The van der Waals surface area contributed by atoms with E-state index in [-0.39, 0.29) is 5.91 Å². The van der Waals surface area contributed by atoms with Gasteiger partial charge < -0.3 is 10.1 Å². The summed E-state index contributed by atoms with van der Waals surface area (Å²) < 4.78 is 5.04. The summed E-state index contributed by atoms with van der Waals surface area (Å²) in [4.78, 5) is 15.9. The van der Waals surface area contributed by atoms with E-state index in [4.69, 9.17) is 16.3 Å². The van der Waals surface area contributed by atoms with Crippen LogP contribution in [0.5, 0.6) is 5.88 Å². The maximum atomic E-state index is 11.9. The molecule has 0 aliphatic rings. The lowest BCUT2D eigenvalue weighted by atomic mass is 10.1. The largest absolute Gasteiger partial charge is 0.480 e. The highest BCUT2D eigenvalue weighted by atomic mass is 35.5. The summed E-state index contributed by atoms with van der Waals surface area (Å²) in [5.74, 6) is 1.34. The molecule has 0 fully saturated rings. The van der Waals surface area contributed by atoms with Crippen LogP contribution in [-0.4, -0.2) is 30.4 Å². The number of carbonyl (C=O) groups excluding carboxylic acids is 1. The quantitative estimate of drug-likeness (QED) is 0.612. The van der Waals surface area contributed by atoms with Gasteiger partial charge in [-0.15, -0.1) is 11.6 Å². The Labute approximate surface area is 113 Å². The first-order valence-electron chi connectivity index (χ1n) is 6.02. The third-order valence-electron chi connectivity index (χ3n) is 2.63. The van der Waals surface area contributed by atoms with Crippen molar-refractivity contribution in [3.8, 4) is 5.88 Å². The fourth-order valence-corrected chi connectivity index (χ4v) is 1.71. The first kappa shape index (κ1) is 14.8. The van der Waals surface area contributed by atoms with Gasteiger partial charge in [0.25, 0.3) is 5.91 Å². The number of nitrogens with zero attached hydrogens (tertiary/aromatic N) is 1. The highest BCUT2D eigenvalue weighted by Crippen LogP contribution is 2.13. The van der Waals surface area contributed by atoms with Gasteiger partial charge in [-0.1, -0.05) is 6.92 Å². The van der Waals surface area contributed by atoms with E-state index >= 15 is 0 Å². The molecule has 1 aromatic heterocycles. The Morgan fingerprint density at radius 2 is 2.39 bits per heavy atom. The molecule has 5 heteroatoms. The minimum absolute atomic E-state index is 0.154. The van der Waals surface area contributed by atoms with Crippen LogP contribution >= 0.6 is 11.6 Å². The van der Waals surface area contributed by atoms with Gasteiger partial charge in [-0.25, -0.2) is 4.98 Å². The lowest BCUT2D eigenvalue weighted by Gasteiger charge is -2.09. The Morgan fingerprint density at radius 1 is 1.61 bits per heavy atom. The molecular weight excluding hydrogens is 252 g/mol. The summed E-state index contributed by atoms with van der Waals surface area (Å²) in [6, 6.07) is 3.41. The molecule has 1 heterocycles. The van der Waals surface area contributed by atoms with E-state index in [1.165, 1.54) is 7.11 Å². The fraction of sp³-hybridized carbons (Fsp3) is 0.538. The maximum Gasteiger partial charge on any atom is 0.256 e. The number of nitrogens with one attached hydrogen (secondary N) is 1. The van der Waals surface area contributed by atoms with Gasteiger partial charge >= 0.3 is 0 Å². The third-order valence-corrected chi connectivity index (χ3v) is 3.16. The summed E-state index contributed by atoms with van der Waals surface area (Å²) in [6.07, 6.45) is 3.52. The van der Waals surface area contributed by atoms with Crippen molar-refractivity contribution in [3.63, 3.8) is 0 Å². The van der Waals surface area contributed by atoms with Crippen molar-refractivity contribution in [3.05, 3.63) is 23.9 Å². The molecule has 0 aliphatic carbocycles. The van der Waals surface area contributed by atoms with Gasteiger partial charge in [0.05, 0.1) is 7.11 Å². The van der Waals surface area contributed by atoms with Crippen LogP contribution in [0, 0.1) is 5.92 Å². The van der Waals surface area contributed by atoms with Gasteiger partial charge in [0.1, 0.15) is 5.56 Å². The van der Waals surface area contributed by atoms with E-state index in [1.807, 2.05) is 0 Å². The summed E-state index contributed by atoms with van der Waals surface area (Å²) in [5.41, 5.74) is 0.463. The van der Waals surface area contributed by atoms with Gasteiger partial charge in [-0.3, -0.25) is 4.79 Å². The van der Waals surface area contributed by atoms with Gasteiger partial charge in [0.2, 0.25) is 5.88 Å². The van der Waals surface area contributed by atoms with Crippen molar-refractivity contribution in [2.24, 2.45) is 5.92 Å². The van der Waals surface area contributed by atoms with Crippen molar-refractivity contribution in [1.82, 2.24) is 10.3 Å². The molecule has 1 unspecified atom stereocenters. The average molecular weight is 271 g/mol. The molecule has 0 aliphatic heterocycles. The number of aromatic nitrogens is 1. The first-order valence-corrected chi connectivity index (χ1v) is 6.55. The number of pyridine rings is 1. The van der Waals surface area contributed by atoms with Crippen molar-refractivity contribution >= 4 is 17.5 Å². The number of ether oxygens (including phenoxy) is 1. The molecular formula is C13H19ClN2O2. The summed E-state index contributed by atoms with van der Waals surface area (Å²) in [6.45, 7) is 2.73. The van der Waals surface area contributed by atoms with E-state index in [1.54, 1.807) is 18.3 Å². The zero-order valence-corrected chi connectivity index (χ0v) is 11.5. The highest BCUT2D eigenvalue weighted by Gasteiger charge is 2.11. The second kappa shape index (κ2) is 7.93. The number of carbonyl (C=O) groups is 1. The van der Waals surface area contributed by atoms with Crippen LogP contribution in [0.2, 0.25) is 0 Å². The second-order valence-electron chi connectivity index (χ2n) is 4.22. The standard InChI is InChI=1S/C13H19ClN2O2/c1-10(9-14)5-3-7-15-12(17)11-6-4-8-16-13(11)18-2/h4,6,8,10H,3,5,7,9H2,1-2H3,(H,15,17). The topological polar surface area (TPSA) is 51.2 Å². The average Bonchev–Trinajstić information content (AvgIpc) is 2.42. The molecule has 100 valence electrons. The normalized spacial score (nSPS) is 11.9. The van der Waals surface area contributed by atoms with Gasteiger partial charge in [0.15, 0.2) is 0 Å². The number of halogens is 1. The predicted molar refractivity (Wildman–Crippen MR) is 72.2 cm³/mol. The Kier molecular flexibility index (Phi) is 6.50. The smallest absolute Gasteiger partial charge is 0.256 e. The zero-order chi connectivity index (χ0) is 13.4. The van der Waals surface area contributed by atoms with Crippen LogP contribution in [0.15, 0.2) is 18.3 Å². The molecule has 1 aromatic rings. The molecule has 0 radical (unpaired) electrons. The molecule has 0 saturated heterocycles. The van der Waals surface area contributed by atoms with Crippen molar-refractivity contribution in [1.29, 1.82) is 0 Å². The minimum atomic E-state index is -0.154. The molecule has 18 heavy (non-hydrogen) atoms. The van der Waals surface area contributed by atoms with Crippen LogP contribution in [0.4, 0.5) is 0 Å². The Hall–Kier alpha value is -1.29. The minimum Gasteiger partial charge on any atom is -0.480 e. The molecule has 1 atom stereocenters.